The summed E-state index contributed by atoms with van der Waals surface area (Å²) in [4.78, 5) is 38.6. The molecule has 1 unspecified atom stereocenters. The molecule has 0 bridgehead atoms. The van der Waals surface area contributed by atoms with E-state index in [0.29, 0.717) is 24.5 Å². The third kappa shape index (κ3) is 3.67. The highest BCUT2D eigenvalue weighted by Crippen LogP contribution is 2.21. The molecule has 138 valence electrons. The van der Waals surface area contributed by atoms with Gasteiger partial charge in [-0.2, -0.15) is 0 Å². The molecule has 1 aromatic carbocycles. The Kier molecular flexibility index (Phi) is 4.58. The van der Waals surface area contributed by atoms with Crippen molar-refractivity contribution < 1.29 is 9.59 Å². The Morgan fingerprint density at radius 1 is 1.22 bits per heavy atom. The van der Waals surface area contributed by atoms with E-state index in [0.717, 1.165) is 29.4 Å². The molecule has 1 fully saturated rings. The van der Waals surface area contributed by atoms with Gasteiger partial charge in [0.05, 0.1) is 23.3 Å². The van der Waals surface area contributed by atoms with E-state index in [4.69, 9.17) is 0 Å². The number of hydrogen-bond donors (Lipinski definition) is 2. The number of likely N-dealkylation sites (tertiary alicyclic amines) is 1. The van der Waals surface area contributed by atoms with Gasteiger partial charge in [0.25, 0.3) is 5.91 Å². The van der Waals surface area contributed by atoms with Crippen LogP contribution in [0.4, 0.5) is 5.82 Å². The first kappa shape index (κ1) is 17.2. The number of piperidine rings is 1. The van der Waals surface area contributed by atoms with E-state index in [1.165, 1.54) is 0 Å². The van der Waals surface area contributed by atoms with Crippen molar-refractivity contribution in [1.29, 1.82) is 0 Å². The number of benzene rings is 1. The summed E-state index contributed by atoms with van der Waals surface area (Å²) in [6.45, 7) is 3.02. The van der Waals surface area contributed by atoms with E-state index in [9.17, 15) is 9.59 Å². The van der Waals surface area contributed by atoms with Gasteiger partial charge in [-0.3, -0.25) is 9.59 Å². The van der Waals surface area contributed by atoms with Crippen LogP contribution < -0.4 is 5.32 Å². The third-order valence-corrected chi connectivity index (χ3v) is 4.91. The van der Waals surface area contributed by atoms with Gasteiger partial charge in [-0.25, -0.2) is 9.97 Å². The van der Waals surface area contributed by atoms with Crippen LogP contribution >= 0.6 is 0 Å². The fourth-order valence-corrected chi connectivity index (χ4v) is 3.40. The lowest BCUT2D eigenvalue weighted by Gasteiger charge is -2.32. The van der Waals surface area contributed by atoms with E-state index in [1.54, 1.807) is 29.6 Å². The van der Waals surface area contributed by atoms with Crippen molar-refractivity contribution in [2.45, 2.75) is 19.8 Å². The molecule has 1 aliphatic heterocycles. The fourth-order valence-electron chi connectivity index (χ4n) is 3.40. The lowest BCUT2D eigenvalue weighted by atomic mass is 9.96. The van der Waals surface area contributed by atoms with Crippen LogP contribution in [0.5, 0.6) is 0 Å². The van der Waals surface area contributed by atoms with E-state index in [2.05, 4.69) is 20.3 Å². The summed E-state index contributed by atoms with van der Waals surface area (Å²) in [5.74, 6) is 0.158. The van der Waals surface area contributed by atoms with Crippen LogP contribution in [0.15, 0.2) is 42.9 Å². The number of amides is 2. The molecule has 1 aliphatic rings. The SMILES string of the molecule is Cc1ccc(NC(=O)C2CCCN(C(=O)c3ccc4nc[nH]c4c3)C2)nc1. The minimum atomic E-state index is -0.235. The topological polar surface area (TPSA) is 91.0 Å². The number of anilines is 1. The van der Waals surface area contributed by atoms with E-state index in [-0.39, 0.29) is 17.7 Å². The largest absolute Gasteiger partial charge is 0.345 e. The molecule has 7 heteroatoms. The summed E-state index contributed by atoms with van der Waals surface area (Å²) >= 11 is 0. The van der Waals surface area contributed by atoms with Gasteiger partial charge in [0.2, 0.25) is 5.91 Å². The van der Waals surface area contributed by atoms with Gasteiger partial charge in [0.15, 0.2) is 0 Å². The average Bonchev–Trinajstić information content (AvgIpc) is 3.17. The number of hydrogen-bond acceptors (Lipinski definition) is 4. The quantitative estimate of drug-likeness (QED) is 0.749. The molecule has 1 atom stereocenters. The van der Waals surface area contributed by atoms with Gasteiger partial charge in [-0.1, -0.05) is 6.07 Å². The van der Waals surface area contributed by atoms with E-state index in [1.807, 2.05) is 25.1 Å². The maximum Gasteiger partial charge on any atom is 0.253 e. The Bertz CT molecular complexity index is 979. The van der Waals surface area contributed by atoms with E-state index >= 15 is 0 Å². The summed E-state index contributed by atoms with van der Waals surface area (Å²) in [6, 6.07) is 9.12. The number of aromatic nitrogens is 3. The smallest absolute Gasteiger partial charge is 0.253 e. The summed E-state index contributed by atoms with van der Waals surface area (Å²) < 4.78 is 0. The second-order valence-electron chi connectivity index (χ2n) is 6.93. The Morgan fingerprint density at radius 3 is 2.93 bits per heavy atom. The van der Waals surface area contributed by atoms with Gasteiger partial charge in [-0.15, -0.1) is 0 Å². The molecule has 27 heavy (non-hydrogen) atoms. The molecule has 0 saturated carbocycles. The van der Waals surface area contributed by atoms with E-state index < -0.39 is 0 Å². The van der Waals surface area contributed by atoms with Crippen LogP contribution in [0.3, 0.4) is 0 Å². The number of imidazole rings is 1. The molecule has 4 rings (SSSR count). The van der Waals surface area contributed by atoms with Crippen LogP contribution in [0.25, 0.3) is 11.0 Å². The molecular formula is C20H21N5O2. The normalized spacial score (nSPS) is 17.1. The Morgan fingerprint density at radius 2 is 2.11 bits per heavy atom. The predicted molar refractivity (Wildman–Crippen MR) is 102 cm³/mol. The highest BCUT2D eigenvalue weighted by Gasteiger charge is 2.29. The second kappa shape index (κ2) is 7.19. The molecule has 0 aliphatic carbocycles. The molecule has 2 amide bonds. The molecule has 7 nitrogen and oxygen atoms in total. The number of rotatable bonds is 3. The minimum absolute atomic E-state index is 0.0579. The van der Waals surface area contributed by atoms with Crippen molar-refractivity contribution in [2.75, 3.05) is 18.4 Å². The zero-order valence-corrected chi connectivity index (χ0v) is 15.1. The number of nitrogens with zero attached hydrogens (tertiary/aromatic N) is 3. The first-order valence-corrected chi connectivity index (χ1v) is 9.06. The Balaban J connectivity index is 1.44. The number of carbonyl (C=O) groups is 2. The van der Waals surface area contributed by atoms with Crippen molar-refractivity contribution in [3.05, 3.63) is 54.0 Å². The maximum absolute atomic E-state index is 12.9. The zero-order valence-electron chi connectivity index (χ0n) is 15.1. The monoisotopic (exact) mass is 363 g/mol. The molecular weight excluding hydrogens is 342 g/mol. The van der Waals surface area contributed by atoms with Gasteiger partial charge < -0.3 is 15.2 Å². The van der Waals surface area contributed by atoms with Crippen molar-refractivity contribution >= 4 is 28.7 Å². The molecule has 2 aromatic heterocycles. The number of carbonyl (C=O) groups excluding carboxylic acids is 2. The number of aromatic amines is 1. The number of fused-ring (bicyclic) bond motifs is 1. The lowest BCUT2D eigenvalue weighted by Crippen LogP contribution is -2.43. The first-order valence-electron chi connectivity index (χ1n) is 9.06. The summed E-state index contributed by atoms with van der Waals surface area (Å²) in [7, 11) is 0. The first-order chi connectivity index (χ1) is 13.1. The highest BCUT2D eigenvalue weighted by atomic mass is 16.2. The Labute approximate surface area is 156 Å². The highest BCUT2D eigenvalue weighted by molar-refractivity contribution is 5.98. The molecule has 2 N–H and O–H groups in total. The average molecular weight is 363 g/mol. The van der Waals surface area contributed by atoms with Crippen LogP contribution in [0, 0.1) is 12.8 Å². The number of aryl methyl sites for hydroxylation is 1. The summed E-state index contributed by atoms with van der Waals surface area (Å²) in [6.07, 6.45) is 4.90. The lowest BCUT2D eigenvalue weighted by molar-refractivity contribution is -0.121. The Hall–Kier alpha value is -3.22. The van der Waals surface area contributed by atoms with Gasteiger partial charge in [0.1, 0.15) is 5.82 Å². The van der Waals surface area contributed by atoms with Crippen LogP contribution in [0.2, 0.25) is 0 Å². The third-order valence-electron chi connectivity index (χ3n) is 4.91. The summed E-state index contributed by atoms with van der Waals surface area (Å²) in [5.41, 5.74) is 3.30. The number of H-pyrrole nitrogens is 1. The second-order valence-corrected chi connectivity index (χ2v) is 6.93. The molecule has 1 saturated heterocycles. The number of nitrogens with one attached hydrogen (secondary N) is 2. The number of pyridine rings is 1. The molecule has 3 heterocycles. The van der Waals surface area contributed by atoms with Crippen molar-refractivity contribution in [2.24, 2.45) is 5.92 Å². The van der Waals surface area contributed by atoms with Gasteiger partial charge in [-0.05, 0) is 49.6 Å². The molecule has 3 aromatic rings. The zero-order chi connectivity index (χ0) is 18.8. The maximum atomic E-state index is 12.9. The fraction of sp³-hybridized carbons (Fsp3) is 0.300. The van der Waals surface area contributed by atoms with Gasteiger partial charge >= 0.3 is 0 Å². The van der Waals surface area contributed by atoms with Crippen molar-refractivity contribution in [3.63, 3.8) is 0 Å². The van der Waals surface area contributed by atoms with Crippen molar-refractivity contribution in [1.82, 2.24) is 19.9 Å². The van der Waals surface area contributed by atoms with Crippen LogP contribution in [-0.4, -0.2) is 44.8 Å². The van der Waals surface area contributed by atoms with Crippen LogP contribution in [0.1, 0.15) is 28.8 Å². The van der Waals surface area contributed by atoms with Gasteiger partial charge in [0, 0.05) is 24.8 Å². The standard InChI is InChI=1S/C20H21N5O2/c1-13-4-7-18(21-10-13)24-19(26)15-3-2-8-25(11-15)20(27)14-5-6-16-17(9-14)23-12-22-16/h4-7,9-10,12,15H,2-3,8,11H2,1H3,(H,22,23)(H,21,24,26). The molecule has 0 spiro atoms. The predicted octanol–water partition coefficient (Wildman–Crippen LogP) is 2.76. The van der Waals surface area contributed by atoms with Crippen molar-refractivity contribution in [3.8, 4) is 0 Å². The minimum Gasteiger partial charge on any atom is -0.345 e. The van der Waals surface area contributed by atoms with Crippen LogP contribution in [-0.2, 0) is 4.79 Å². The summed E-state index contributed by atoms with van der Waals surface area (Å²) in [5, 5.41) is 2.86. The molecule has 0 radical (unpaired) electrons.